The van der Waals surface area contributed by atoms with E-state index in [1.54, 1.807) is 29.0 Å². The van der Waals surface area contributed by atoms with Gasteiger partial charge in [0.1, 0.15) is 17.5 Å². The smallest absolute Gasteiger partial charge is 0.352 e. The van der Waals surface area contributed by atoms with Gasteiger partial charge >= 0.3 is 5.97 Å². The van der Waals surface area contributed by atoms with Crippen molar-refractivity contribution in [1.82, 2.24) is 14.8 Å². The average molecular weight is 286 g/mol. The molecule has 0 fully saturated rings. The Kier molecular flexibility index (Phi) is 3.09. The highest BCUT2D eigenvalue weighted by Crippen LogP contribution is 2.30. The molecular weight excluding hydrogens is 272 g/mol. The van der Waals surface area contributed by atoms with E-state index in [9.17, 15) is 15.0 Å². The lowest BCUT2D eigenvalue weighted by Gasteiger charge is -2.22. The van der Waals surface area contributed by atoms with Crippen LogP contribution in [0.15, 0.2) is 36.0 Å². The van der Waals surface area contributed by atoms with Crippen molar-refractivity contribution in [3.63, 3.8) is 0 Å². The Hall–Kier alpha value is -2.83. The number of carboxylic acids is 1. The predicted molar refractivity (Wildman–Crippen MR) is 75.0 cm³/mol. The van der Waals surface area contributed by atoms with Gasteiger partial charge < -0.3 is 15.5 Å². The lowest BCUT2D eigenvalue weighted by Crippen LogP contribution is -2.24. The van der Waals surface area contributed by atoms with E-state index in [0.29, 0.717) is 18.2 Å². The fourth-order valence-corrected chi connectivity index (χ4v) is 2.26. The van der Waals surface area contributed by atoms with Gasteiger partial charge in [-0.1, -0.05) is 19.1 Å². The van der Waals surface area contributed by atoms with Gasteiger partial charge in [0.05, 0.1) is 0 Å². The molecule has 1 aromatic heterocycles. The number of anilines is 1. The summed E-state index contributed by atoms with van der Waals surface area (Å²) in [5, 5.41) is 26.0. The van der Waals surface area contributed by atoms with Crippen LogP contribution < -0.4 is 5.32 Å². The number of rotatable bonds is 3. The summed E-state index contributed by atoms with van der Waals surface area (Å²) in [7, 11) is 0. The van der Waals surface area contributed by atoms with Crippen LogP contribution in [0.5, 0.6) is 5.75 Å². The highest BCUT2D eigenvalue weighted by Gasteiger charge is 2.26. The predicted octanol–water partition coefficient (Wildman–Crippen LogP) is 1.53. The van der Waals surface area contributed by atoms with Gasteiger partial charge in [0, 0.05) is 6.42 Å². The number of carboxylic acid groups (broad SMARTS) is 1. The largest absolute Gasteiger partial charge is 0.508 e. The molecule has 1 aliphatic heterocycles. The molecule has 0 amide bonds. The van der Waals surface area contributed by atoms with Crippen molar-refractivity contribution in [2.75, 3.05) is 5.32 Å². The molecule has 3 rings (SSSR count). The lowest BCUT2D eigenvalue weighted by molar-refractivity contribution is -0.132. The van der Waals surface area contributed by atoms with Gasteiger partial charge in [0.2, 0.25) is 5.95 Å². The topological polar surface area (TPSA) is 100 Å². The highest BCUT2D eigenvalue weighted by atomic mass is 16.4. The maximum atomic E-state index is 11.2. The molecule has 2 heterocycles. The van der Waals surface area contributed by atoms with Gasteiger partial charge in [-0.2, -0.15) is 10.1 Å². The molecule has 7 heteroatoms. The van der Waals surface area contributed by atoms with Crippen LogP contribution in [0.25, 0.3) is 0 Å². The lowest BCUT2D eigenvalue weighted by atomic mass is 10.0. The molecular formula is C14H14N4O3. The molecule has 2 aromatic rings. The van der Waals surface area contributed by atoms with E-state index < -0.39 is 12.0 Å². The molecule has 3 N–H and O–H groups in total. The number of hydrogen-bond acceptors (Lipinski definition) is 5. The number of carbonyl (C=O) groups is 1. The number of hydrogen-bond donors (Lipinski definition) is 3. The molecule has 21 heavy (non-hydrogen) atoms. The van der Waals surface area contributed by atoms with Gasteiger partial charge in [-0.15, -0.1) is 0 Å². The van der Waals surface area contributed by atoms with E-state index in [4.69, 9.17) is 0 Å². The SMILES string of the molecule is CCc1nc2n(n1)[C@@H](c1cccc(O)c1)C=C(C(=O)O)N2. The van der Waals surface area contributed by atoms with Crippen molar-refractivity contribution in [3.8, 4) is 5.75 Å². The molecule has 108 valence electrons. The van der Waals surface area contributed by atoms with Crippen molar-refractivity contribution in [2.45, 2.75) is 19.4 Å². The van der Waals surface area contributed by atoms with E-state index in [1.165, 1.54) is 0 Å². The van der Waals surface area contributed by atoms with E-state index >= 15 is 0 Å². The molecule has 0 saturated heterocycles. The summed E-state index contributed by atoms with van der Waals surface area (Å²) in [5.74, 6) is 0.0731. The summed E-state index contributed by atoms with van der Waals surface area (Å²) in [4.78, 5) is 15.5. The molecule has 0 unspecified atom stereocenters. The maximum Gasteiger partial charge on any atom is 0.352 e. The number of nitrogens with zero attached hydrogens (tertiary/aromatic N) is 3. The molecule has 0 radical (unpaired) electrons. The van der Waals surface area contributed by atoms with Crippen LogP contribution >= 0.6 is 0 Å². The Balaban J connectivity index is 2.12. The van der Waals surface area contributed by atoms with Crippen molar-refractivity contribution >= 4 is 11.9 Å². The van der Waals surface area contributed by atoms with E-state index in [1.807, 2.05) is 13.0 Å². The van der Waals surface area contributed by atoms with Crippen LogP contribution in [0.4, 0.5) is 5.95 Å². The number of aryl methyl sites for hydroxylation is 1. The first-order valence-electron chi connectivity index (χ1n) is 6.55. The number of fused-ring (bicyclic) bond motifs is 1. The minimum absolute atomic E-state index is 0.0471. The number of allylic oxidation sites excluding steroid dienone is 1. The Bertz CT molecular complexity index is 736. The molecule has 1 aliphatic rings. The molecule has 0 spiro atoms. The fraction of sp³-hybridized carbons (Fsp3) is 0.214. The highest BCUT2D eigenvalue weighted by molar-refractivity contribution is 5.90. The maximum absolute atomic E-state index is 11.2. The molecule has 7 nitrogen and oxygen atoms in total. The zero-order chi connectivity index (χ0) is 15.0. The minimum Gasteiger partial charge on any atom is -0.508 e. The van der Waals surface area contributed by atoms with E-state index in [2.05, 4.69) is 15.4 Å². The van der Waals surface area contributed by atoms with Crippen LogP contribution in [0.1, 0.15) is 24.4 Å². The van der Waals surface area contributed by atoms with Crippen LogP contribution in [0, 0.1) is 0 Å². The molecule has 1 atom stereocenters. The quantitative estimate of drug-likeness (QED) is 0.791. The first kappa shape index (κ1) is 13.2. The molecule has 0 aliphatic carbocycles. The third-order valence-corrected chi connectivity index (χ3v) is 3.27. The van der Waals surface area contributed by atoms with E-state index in [-0.39, 0.29) is 11.4 Å². The van der Waals surface area contributed by atoms with Crippen LogP contribution in [-0.2, 0) is 11.2 Å². The second-order valence-corrected chi connectivity index (χ2v) is 4.70. The Morgan fingerprint density at radius 3 is 2.95 bits per heavy atom. The number of aliphatic carboxylic acids is 1. The second-order valence-electron chi connectivity index (χ2n) is 4.70. The zero-order valence-corrected chi connectivity index (χ0v) is 11.3. The van der Waals surface area contributed by atoms with Crippen molar-refractivity contribution in [2.24, 2.45) is 0 Å². The van der Waals surface area contributed by atoms with Crippen molar-refractivity contribution in [1.29, 1.82) is 0 Å². The molecule has 0 bridgehead atoms. The summed E-state index contributed by atoms with van der Waals surface area (Å²) < 4.78 is 1.63. The van der Waals surface area contributed by atoms with Crippen LogP contribution in [0.2, 0.25) is 0 Å². The third-order valence-electron chi connectivity index (χ3n) is 3.27. The first-order valence-corrected chi connectivity index (χ1v) is 6.55. The van der Waals surface area contributed by atoms with E-state index in [0.717, 1.165) is 5.56 Å². The summed E-state index contributed by atoms with van der Waals surface area (Å²) in [6.07, 6.45) is 2.20. The third kappa shape index (κ3) is 2.33. The average Bonchev–Trinajstić information content (AvgIpc) is 2.89. The normalized spacial score (nSPS) is 16.8. The Morgan fingerprint density at radius 1 is 1.48 bits per heavy atom. The fourth-order valence-electron chi connectivity index (χ4n) is 2.26. The molecule has 0 saturated carbocycles. The number of phenols is 1. The number of phenolic OH excluding ortho intramolecular Hbond substituents is 1. The van der Waals surface area contributed by atoms with Crippen molar-refractivity contribution in [3.05, 3.63) is 47.4 Å². The second kappa shape index (κ2) is 4.93. The standard InChI is InChI=1S/C14H14N4O3/c1-2-12-16-14-15-10(13(20)21)7-11(18(14)17-12)8-4-3-5-9(19)6-8/h3-7,11,19H,2H2,1H3,(H,20,21)(H,15,16,17)/t11-/m1/s1. The first-order chi connectivity index (χ1) is 10.1. The Morgan fingerprint density at radius 2 is 2.29 bits per heavy atom. The van der Waals surface area contributed by atoms with Gasteiger partial charge in [-0.05, 0) is 23.8 Å². The number of aromatic nitrogens is 3. The monoisotopic (exact) mass is 286 g/mol. The van der Waals surface area contributed by atoms with Crippen molar-refractivity contribution < 1.29 is 15.0 Å². The minimum atomic E-state index is -1.06. The van der Waals surface area contributed by atoms with Gasteiger partial charge in [-0.3, -0.25) is 0 Å². The number of aromatic hydroxyl groups is 1. The van der Waals surface area contributed by atoms with Gasteiger partial charge in [0.25, 0.3) is 0 Å². The van der Waals surface area contributed by atoms with Gasteiger partial charge in [0.15, 0.2) is 5.82 Å². The summed E-state index contributed by atoms with van der Waals surface area (Å²) >= 11 is 0. The summed E-state index contributed by atoms with van der Waals surface area (Å²) in [5.41, 5.74) is 0.787. The summed E-state index contributed by atoms with van der Waals surface area (Å²) in [6, 6.07) is 6.24. The van der Waals surface area contributed by atoms with Crippen LogP contribution in [0.3, 0.4) is 0 Å². The Labute approximate surface area is 120 Å². The van der Waals surface area contributed by atoms with Gasteiger partial charge in [-0.25, -0.2) is 9.48 Å². The van der Waals surface area contributed by atoms with Crippen LogP contribution in [-0.4, -0.2) is 30.9 Å². The number of benzene rings is 1. The summed E-state index contributed by atoms with van der Waals surface area (Å²) in [6.45, 7) is 1.93. The zero-order valence-electron chi connectivity index (χ0n) is 11.3. The molecule has 1 aromatic carbocycles. The number of nitrogens with one attached hydrogen (secondary N) is 1.